The number of nitrogens with zero attached hydrogens (tertiary/aromatic N) is 2. The number of fused-ring (bicyclic) bond motifs is 4. The van der Waals surface area contributed by atoms with Crippen molar-refractivity contribution in [1.82, 2.24) is 9.55 Å². The second kappa shape index (κ2) is 6.95. The fourth-order valence-electron chi connectivity index (χ4n) is 4.23. The molecule has 0 spiro atoms. The molecule has 0 amide bonds. The molecule has 0 atom stereocenters. The van der Waals surface area contributed by atoms with Crippen LogP contribution in [0.1, 0.15) is 40.2 Å². The minimum atomic E-state index is -0.445. The Bertz CT molecular complexity index is 1330. The lowest BCUT2D eigenvalue weighted by atomic mass is 10.1. The van der Waals surface area contributed by atoms with Crippen LogP contribution in [-0.4, -0.2) is 15.5 Å². The van der Waals surface area contributed by atoms with Crippen molar-refractivity contribution in [1.29, 1.82) is 0 Å². The average Bonchev–Trinajstić information content (AvgIpc) is 3.08. The van der Waals surface area contributed by atoms with E-state index in [0.717, 1.165) is 22.3 Å². The van der Waals surface area contributed by atoms with Crippen molar-refractivity contribution >= 4 is 17.0 Å². The first kappa shape index (κ1) is 18.3. The van der Waals surface area contributed by atoms with Gasteiger partial charge >= 0.3 is 5.97 Å². The van der Waals surface area contributed by atoms with Gasteiger partial charge in [0.05, 0.1) is 16.6 Å². The van der Waals surface area contributed by atoms with E-state index in [1.807, 2.05) is 43.3 Å². The van der Waals surface area contributed by atoms with Crippen molar-refractivity contribution in [3.8, 4) is 11.1 Å². The molecule has 1 aliphatic rings. The molecule has 148 valence electrons. The molecule has 30 heavy (non-hydrogen) atoms. The van der Waals surface area contributed by atoms with Gasteiger partial charge in [0, 0.05) is 17.7 Å². The number of benzene rings is 3. The number of hydrogen-bond donors (Lipinski definition) is 0. The lowest BCUT2D eigenvalue weighted by Crippen LogP contribution is -2.23. The maximum Gasteiger partial charge on any atom is 0.339 e. The van der Waals surface area contributed by atoms with Crippen molar-refractivity contribution in [2.75, 3.05) is 0 Å². The van der Waals surface area contributed by atoms with Gasteiger partial charge in [0.25, 0.3) is 5.56 Å². The van der Waals surface area contributed by atoms with Crippen molar-refractivity contribution in [2.24, 2.45) is 0 Å². The standard InChI is InChI=1S/C25H20N2O3/c1-3-27-22-13-12-16(14-21(22)26-15(2)24(27)28)25(29)30-23-19-10-6-4-8-17(19)18-9-5-7-11-20(18)23/h4-14,23H,3H2,1-2H3. The van der Waals surface area contributed by atoms with Crippen LogP contribution < -0.4 is 5.56 Å². The van der Waals surface area contributed by atoms with E-state index in [4.69, 9.17) is 4.74 Å². The zero-order chi connectivity index (χ0) is 20.8. The Balaban J connectivity index is 1.54. The van der Waals surface area contributed by atoms with Crippen LogP contribution in [0.3, 0.4) is 0 Å². The van der Waals surface area contributed by atoms with Crippen molar-refractivity contribution in [2.45, 2.75) is 26.5 Å². The number of carbonyl (C=O) groups excluding carboxylic acids is 1. The summed E-state index contributed by atoms with van der Waals surface area (Å²) in [5.74, 6) is -0.415. The molecule has 0 aliphatic heterocycles. The second-order valence-electron chi connectivity index (χ2n) is 7.41. The third-order valence-corrected chi connectivity index (χ3v) is 5.66. The lowest BCUT2D eigenvalue weighted by molar-refractivity contribution is 0.0386. The first-order valence-electron chi connectivity index (χ1n) is 9.99. The molecule has 0 N–H and O–H groups in total. The zero-order valence-electron chi connectivity index (χ0n) is 16.8. The third kappa shape index (κ3) is 2.74. The van der Waals surface area contributed by atoms with Crippen LogP contribution in [0.4, 0.5) is 0 Å². The van der Waals surface area contributed by atoms with Crippen molar-refractivity contribution < 1.29 is 9.53 Å². The van der Waals surface area contributed by atoms with Crippen LogP contribution >= 0.6 is 0 Å². The van der Waals surface area contributed by atoms with Gasteiger partial charge in [0.2, 0.25) is 0 Å². The van der Waals surface area contributed by atoms with E-state index in [1.54, 1.807) is 29.7 Å². The number of rotatable bonds is 3. The van der Waals surface area contributed by atoms with Crippen LogP contribution in [0.15, 0.2) is 71.5 Å². The van der Waals surface area contributed by atoms with Gasteiger partial charge in [-0.15, -0.1) is 0 Å². The highest BCUT2D eigenvalue weighted by Crippen LogP contribution is 2.45. The van der Waals surface area contributed by atoms with Crippen LogP contribution in [0.5, 0.6) is 0 Å². The quantitative estimate of drug-likeness (QED) is 0.473. The summed E-state index contributed by atoms with van der Waals surface area (Å²) in [5.41, 5.74) is 6.19. The van der Waals surface area contributed by atoms with E-state index in [1.165, 1.54) is 0 Å². The molecule has 0 saturated heterocycles. The molecule has 0 bridgehead atoms. The predicted molar refractivity (Wildman–Crippen MR) is 116 cm³/mol. The summed E-state index contributed by atoms with van der Waals surface area (Å²) in [7, 11) is 0. The highest BCUT2D eigenvalue weighted by atomic mass is 16.5. The first-order chi connectivity index (χ1) is 14.6. The molecule has 0 radical (unpaired) electrons. The smallest absolute Gasteiger partial charge is 0.339 e. The predicted octanol–water partition coefficient (Wildman–Crippen LogP) is 4.65. The van der Waals surface area contributed by atoms with Crippen LogP contribution in [0, 0.1) is 6.92 Å². The summed E-state index contributed by atoms with van der Waals surface area (Å²) in [4.78, 5) is 29.7. The number of aryl methyl sites for hydroxylation is 2. The fourth-order valence-corrected chi connectivity index (χ4v) is 4.23. The van der Waals surface area contributed by atoms with E-state index < -0.39 is 12.1 Å². The maximum absolute atomic E-state index is 13.1. The van der Waals surface area contributed by atoms with E-state index in [9.17, 15) is 9.59 Å². The van der Waals surface area contributed by atoms with Gasteiger partial charge in [-0.05, 0) is 43.2 Å². The maximum atomic E-state index is 13.1. The topological polar surface area (TPSA) is 61.2 Å². The number of hydrogen-bond acceptors (Lipinski definition) is 4. The molecule has 5 nitrogen and oxygen atoms in total. The fraction of sp³-hybridized carbons (Fsp3) is 0.160. The monoisotopic (exact) mass is 396 g/mol. The highest BCUT2D eigenvalue weighted by Gasteiger charge is 2.31. The first-order valence-corrected chi connectivity index (χ1v) is 9.99. The molecule has 4 aromatic rings. The Hall–Kier alpha value is -3.73. The molecule has 3 aromatic carbocycles. The Kier molecular flexibility index (Phi) is 4.24. The summed E-state index contributed by atoms with van der Waals surface area (Å²) in [6.07, 6.45) is -0.445. The summed E-state index contributed by atoms with van der Waals surface area (Å²) in [5, 5.41) is 0. The van der Waals surface area contributed by atoms with E-state index >= 15 is 0 Å². The summed E-state index contributed by atoms with van der Waals surface area (Å²) < 4.78 is 7.64. The summed E-state index contributed by atoms with van der Waals surface area (Å²) >= 11 is 0. The van der Waals surface area contributed by atoms with Gasteiger partial charge in [-0.25, -0.2) is 9.78 Å². The van der Waals surface area contributed by atoms with Gasteiger partial charge in [0.15, 0.2) is 6.10 Å². The number of esters is 1. The second-order valence-corrected chi connectivity index (χ2v) is 7.41. The minimum absolute atomic E-state index is 0.112. The summed E-state index contributed by atoms with van der Waals surface area (Å²) in [6.45, 7) is 4.14. The average molecular weight is 396 g/mol. The molecule has 5 heteroatoms. The molecule has 0 fully saturated rings. The number of carbonyl (C=O) groups is 1. The summed E-state index contributed by atoms with van der Waals surface area (Å²) in [6, 6.07) is 21.1. The zero-order valence-corrected chi connectivity index (χ0v) is 16.8. The molecule has 5 rings (SSSR count). The molecule has 1 aromatic heterocycles. The van der Waals surface area contributed by atoms with Gasteiger partial charge < -0.3 is 9.30 Å². The van der Waals surface area contributed by atoms with E-state index in [-0.39, 0.29) is 5.56 Å². The largest absolute Gasteiger partial charge is 0.449 e. The normalized spacial score (nSPS) is 12.6. The molecule has 1 heterocycles. The molecular weight excluding hydrogens is 376 g/mol. The van der Waals surface area contributed by atoms with Gasteiger partial charge in [-0.2, -0.15) is 0 Å². The van der Waals surface area contributed by atoms with Crippen LogP contribution in [-0.2, 0) is 11.3 Å². The Morgan fingerprint density at radius 3 is 2.27 bits per heavy atom. The SMILES string of the molecule is CCn1c(=O)c(C)nc2cc(C(=O)OC3c4ccccc4-c4ccccc43)ccc21. The van der Waals surface area contributed by atoms with Crippen molar-refractivity contribution in [3.05, 3.63) is 99.5 Å². The highest BCUT2D eigenvalue weighted by molar-refractivity contribution is 5.94. The Labute approximate surface area is 173 Å². The minimum Gasteiger partial charge on any atom is -0.449 e. The van der Waals surface area contributed by atoms with Crippen molar-refractivity contribution in [3.63, 3.8) is 0 Å². The van der Waals surface area contributed by atoms with Gasteiger partial charge in [-0.3, -0.25) is 4.79 Å². The molecule has 0 unspecified atom stereocenters. The van der Waals surface area contributed by atoms with Crippen LogP contribution in [0.2, 0.25) is 0 Å². The third-order valence-electron chi connectivity index (χ3n) is 5.66. The van der Waals surface area contributed by atoms with Gasteiger partial charge in [-0.1, -0.05) is 48.5 Å². The molecule has 0 saturated carbocycles. The molecular formula is C25H20N2O3. The number of ether oxygens (including phenoxy) is 1. The molecule has 1 aliphatic carbocycles. The lowest BCUT2D eigenvalue weighted by Gasteiger charge is -2.16. The van der Waals surface area contributed by atoms with Crippen LogP contribution in [0.25, 0.3) is 22.2 Å². The Morgan fingerprint density at radius 1 is 1.00 bits per heavy atom. The number of aromatic nitrogens is 2. The Morgan fingerprint density at radius 2 is 1.63 bits per heavy atom. The van der Waals surface area contributed by atoms with E-state index in [2.05, 4.69) is 17.1 Å². The van der Waals surface area contributed by atoms with Gasteiger partial charge in [0.1, 0.15) is 5.69 Å². The van der Waals surface area contributed by atoms with E-state index in [0.29, 0.717) is 28.8 Å².